The third kappa shape index (κ3) is 3.27. The van der Waals surface area contributed by atoms with Gasteiger partial charge in [-0.3, -0.25) is 4.79 Å². The van der Waals surface area contributed by atoms with Crippen LogP contribution in [0, 0.1) is 13.8 Å². The van der Waals surface area contributed by atoms with Crippen molar-refractivity contribution >= 4 is 51.7 Å². The first-order chi connectivity index (χ1) is 12.4. The zero-order chi connectivity index (χ0) is 18.4. The first kappa shape index (κ1) is 17.9. The van der Waals surface area contributed by atoms with Crippen molar-refractivity contribution in [3.8, 4) is 16.3 Å². The lowest BCUT2D eigenvalue weighted by atomic mass is 10.1. The smallest absolute Gasteiger partial charge is 0.180 e. The molecule has 1 aromatic carbocycles. The number of ether oxygens (including phenoxy) is 1. The fraction of sp³-hybridized carbons (Fsp3) is 0.278. The van der Waals surface area contributed by atoms with Crippen molar-refractivity contribution in [3.05, 3.63) is 48.8 Å². The third-order valence-corrected chi connectivity index (χ3v) is 6.90. The number of carbonyl (C=O) groups excluding carboxylic acids is 1. The van der Waals surface area contributed by atoms with Gasteiger partial charge < -0.3 is 4.74 Å². The number of aromatic nitrogens is 2. The van der Waals surface area contributed by atoms with Gasteiger partial charge in [0.2, 0.25) is 0 Å². The average molecular weight is 425 g/mol. The molecule has 0 radical (unpaired) electrons. The minimum Gasteiger partial charge on any atom is -0.480 e. The number of aryl methyl sites for hydroxylation is 2. The summed E-state index contributed by atoms with van der Waals surface area (Å²) in [6, 6.07) is 3.58. The second-order valence-electron chi connectivity index (χ2n) is 6.08. The topological polar surface area (TPSA) is 52.1 Å². The number of ketones is 1. The molecule has 4 nitrogen and oxygen atoms in total. The highest BCUT2D eigenvalue weighted by molar-refractivity contribution is 7.16. The van der Waals surface area contributed by atoms with Crippen LogP contribution in [-0.4, -0.2) is 21.9 Å². The Morgan fingerprint density at radius 1 is 1.31 bits per heavy atom. The monoisotopic (exact) mass is 424 g/mol. The number of rotatable bonds is 4. The maximum Gasteiger partial charge on any atom is 0.180 e. The third-order valence-electron chi connectivity index (χ3n) is 4.17. The van der Waals surface area contributed by atoms with Gasteiger partial charge in [0, 0.05) is 11.8 Å². The summed E-state index contributed by atoms with van der Waals surface area (Å²) >= 11 is 15.3. The second-order valence-corrected chi connectivity index (χ2v) is 9.01. The van der Waals surface area contributed by atoms with Crippen molar-refractivity contribution in [1.29, 1.82) is 0 Å². The van der Waals surface area contributed by atoms with E-state index in [0.29, 0.717) is 22.2 Å². The molecule has 0 N–H and O–H groups in total. The Bertz CT molecular complexity index is 1010. The van der Waals surface area contributed by atoms with Gasteiger partial charge in [-0.15, -0.1) is 22.7 Å². The lowest BCUT2D eigenvalue weighted by molar-refractivity contribution is -0.124. The second kappa shape index (κ2) is 6.93. The van der Waals surface area contributed by atoms with Gasteiger partial charge in [-0.05, 0) is 25.5 Å². The quantitative estimate of drug-likeness (QED) is 0.569. The molecule has 0 aliphatic carbocycles. The van der Waals surface area contributed by atoms with E-state index >= 15 is 0 Å². The highest BCUT2D eigenvalue weighted by atomic mass is 35.5. The molecule has 1 aliphatic rings. The maximum absolute atomic E-state index is 12.7. The Kier molecular flexibility index (Phi) is 4.77. The van der Waals surface area contributed by atoms with Crippen molar-refractivity contribution in [3.63, 3.8) is 0 Å². The highest BCUT2D eigenvalue weighted by Gasteiger charge is 2.31. The molecule has 0 saturated carbocycles. The fourth-order valence-electron chi connectivity index (χ4n) is 2.95. The summed E-state index contributed by atoms with van der Waals surface area (Å²) in [5.74, 6) is 0.514. The van der Waals surface area contributed by atoms with E-state index in [0.717, 1.165) is 31.8 Å². The van der Waals surface area contributed by atoms with E-state index in [1.807, 2.05) is 25.3 Å². The molecule has 0 spiro atoms. The summed E-state index contributed by atoms with van der Waals surface area (Å²) < 4.78 is 5.77. The van der Waals surface area contributed by atoms with Crippen molar-refractivity contribution < 1.29 is 9.53 Å². The summed E-state index contributed by atoms with van der Waals surface area (Å²) in [6.07, 6.45) is 0.211. The van der Waals surface area contributed by atoms with E-state index in [1.54, 1.807) is 17.4 Å². The highest BCUT2D eigenvalue weighted by Crippen LogP contribution is 2.40. The van der Waals surface area contributed by atoms with Gasteiger partial charge in [0.05, 0.1) is 32.7 Å². The molecular weight excluding hydrogens is 411 g/mol. The number of thiazole rings is 2. The standard InChI is InChI=1S/C18H14Cl2N2O2S2/c1-8-18(26-9(2)21-8)12-7-25-15(22-12)6-13(23)14-5-10-3-4-11(19)16(20)17(10)24-14/h3-4,7,14H,5-6H2,1-2H3. The van der Waals surface area contributed by atoms with E-state index in [-0.39, 0.29) is 12.2 Å². The van der Waals surface area contributed by atoms with Gasteiger partial charge in [0.1, 0.15) is 15.8 Å². The van der Waals surface area contributed by atoms with E-state index in [4.69, 9.17) is 27.9 Å². The molecule has 1 unspecified atom stereocenters. The van der Waals surface area contributed by atoms with Crippen LogP contribution in [-0.2, 0) is 17.6 Å². The number of benzene rings is 1. The van der Waals surface area contributed by atoms with Crippen LogP contribution in [0.4, 0.5) is 0 Å². The van der Waals surface area contributed by atoms with Gasteiger partial charge in [0.15, 0.2) is 11.9 Å². The fourth-order valence-corrected chi connectivity index (χ4v) is 5.08. The minimum absolute atomic E-state index is 0.00787. The zero-order valence-electron chi connectivity index (χ0n) is 14.0. The van der Waals surface area contributed by atoms with Crippen LogP contribution in [0.5, 0.6) is 5.75 Å². The van der Waals surface area contributed by atoms with Crippen LogP contribution >= 0.6 is 45.9 Å². The summed E-state index contributed by atoms with van der Waals surface area (Å²) in [5.41, 5.74) is 2.76. The molecule has 0 bridgehead atoms. The molecular formula is C18H14Cl2N2O2S2. The van der Waals surface area contributed by atoms with Gasteiger partial charge in [-0.25, -0.2) is 9.97 Å². The number of carbonyl (C=O) groups is 1. The van der Waals surface area contributed by atoms with Crippen LogP contribution < -0.4 is 4.74 Å². The normalized spacial score (nSPS) is 15.8. The Morgan fingerprint density at radius 3 is 2.85 bits per heavy atom. The number of hydrogen-bond acceptors (Lipinski definition) is 6. The molecule has 2 aromatic heterocycles. The molecule has 3 aromatic rings. The summed E-state index contributed by atoms with van der Waals surface area (Å²) in [5, 5.41) is 4.56. The summed E-state index contributed by atoms with van der Waals surface area (Å²) in [6.45, 7) is 3.95. The van der Waals surface area contributed by atoms with Crippen molar-refractivity contribution in [2.75, 3.05) is 0 Å². The predicted molar refractivity (Wildman–Crippen MR) is 106 cm³/mol. The molecule has 0 amide bonds. The van der Waals surface area contributed by atoms with E-state index < -0.39 is 6.10 Å². The van der Waals surface area contributed by atoms with E-state index in [9.17, 15) is 4.79 Å². The zero-order valence-corrected chi connectivity index (χ0v) is 17.2. The summed E-state index contributed by atoms with van der Waals surface area (Å²) in [7, 11) is 0. The minimum atomic E-state index is -0.541. The lowest BCUT2D eigenvalue weighted by Gasteiger charge is -2.09. The predicted octanol–water partition coefficient (Wildman–Crippen LogP) is 5.31. The number of halogens is 2. The average Bonchev–Trinajstić information content (AvgIpc) is 3.29. The largest absolute Gasteiger partial charge is 0.480 e. The van der Waals surface area contributed by atoms with Gasteiger partial charge >= 0.3 is 0 Å². The van der Waals surface area contributed by atoms with Crippen LogP contribution in [0.25, 0.3) is 10.6 Å². The Hall–Kier alpha value is -1.47. The van der Waals surface area contributed by atoms with E-state index in [2.05, 4.69) is 9.97 Å². The number of hydrogen-bond donors (Lipinski definition) is 0. The van der Waals surface area contributed by atoms with Crippen LogP contribution in [0.3, 0.4) is 0 Å². The van der Waals surface area contributed by atoms with Gasteiger partial charge in [-0.2, -0.15) is 0 Å². The number of fused-ring (bicyclic) bond motifs is 1. The van der Waals surface area contributed by atoms with Crippen LogP contribution in [0.2, 0.25) is 10.0 Å². The summed E-state index contributed by atoms with van der Waals surface area (Å²) in [4.78, 5) is 22.8. The molecule has 1 atom stereocenters. The van der Waals surface area contributed by atoms with Crippen molar-refractivity contribution in [2.45, 2.75) is 32.8 Å². The maximum atomic E-state index is 12.7. The molecule has 3 heterocycles. The van der Waals surface area contributed by atoms with Gasteiger partial charge in [-0.1, -0.05) is 29.3 Å². The van der Waals surface area contributed by atoms with Crippen LogP contribution in [0.15, 0.2) is 17.5 Å². The molecule has 4 rings (SSSR count). The molecule has 0 saturated heterocycles. The van der Waals surface area contributed by atoms with Gasteiger partial charge in [0.25, 0.3) is 0 Å². The van der Waals surface area contributed by atoms with Crippen molar-refractivity contribution in [2.24, 2.45) is 0 Å². The lowest BCUT2D eigenvalue weighted by Crippen LogP contribution is -2.26. The number of nitrogens with zero attached hydrogens (tertiary/aromatic N) is 2. The van der Waals surface area contributed by atoms with Crippen molar-refractivity contribution in [1.82, 2.24) is 9.97 Å². The molecule has 8 heteroatoms. The Balaban J connectivity index is 1.48. The number of Topliss-reactive ketones (excluding diaryl/α,β-unsaturated/α-hetero) is 1. The molecule has 0 fully saturated rings. The molecule has 26 heavy (non-hydrogen) atoms. The molecule has 134 valence electrons. The Morgan fingerprint density at radius 2 is 2.12 bits per heavy atom. The SMILES string of the molecule is Cc1nc(C)c(-c2csc(CC(=O)C3Cc4ccc(Cl)c(Cl)c4O3)n2)s1. The van der Waals surface area contributed by atoms with E-state index in [1.165, 1.54) is 11.3 Å². The Labute approximate surface area is 168 Å². The van der Waals surface area contributed by atoms with Crippen LogP contribution in [0.1, 0.15) is 21.3 Å². The molecule has 1 aliphatic heterocycles. The first-order valence-electron chi connectivity index (χ1n) is 7.97. The first-order valence-corrected chi connectivity index (χ1v) is 10.4.